The molecule has 2 N–H and O–H groups in total. The van der Waals surface area contributed by atoms with Crippen LogP contribution >= 0.6 is 0 Å². The van der Waals surface area contributed by atoms with Crippen LogP contribution in [0.25, 0.3) is 0 Å². The van der Waals surface area contributed by atoms with Gasteiger partial charge in [-0.3, -0.25) is 14.4 Å². The van der Waals surface area contributed by atoms with Crippen molar-refractivity contribution in [2.75, 3.05) is 26.2 Å². The third-order valence-corrected chi connectivity index (χ3v) is 6.91. The molecule has 3 rings (SSSR count). The molecule has 3 saturated heterocycles. The van der Waals surface area contributed by atoms with Gasteiger partial charge in [-0.15, -0.1) is 0 Å². The van der Waals surface area contributed by atoms with E-state index in [1.165, 1.54) is 0 Å². The molecular formula is C21H35N3O4. The van der Waals surface area contributed by atoms with Crippen molar-refractivity contribution in [2.24, 2.45) is 23.7 Å². The summed E-state index contributed by atoms with van der Waals surface area (Å²) in [7, 11) is 0. The first kappa shape index (κ1) is 21.1. The van der Waals surface area contributed by atoms with E-state index in [9.17, 15) is 14.4 Å². The minimum Gasteiger partial charge on any atom is -0.369 e. The molecule has 3 aliphatic heterocycles. The summed E-state index contributed by atoms with van der Waals surface area (Å²) in [6.07, 6.45) is 3.90. The molecule has 7 heteroatoms. The minimum absolute atomic E-state index is 0.00432. The van der Waals surface area contributed by atoms with Crippen LogP contribution in [0.2, 0.25) is 0 Å². The average Bonchev–Trinajstić information content (AvgIpc) is 3.33. The second-order valence-electron chi connectivity index (χ2n) is 8.94. The third-order valence-electron chi connectivity index (χ3n) is 6.91. The van der Waals surface area contributed by atoms with Crippen molar-refractivity contribution in [3.05, 3.63) is 0 Å². The Balaban J connectivity index is 1.55. The summed E-state index contributed by atoms with van der Waals surface area (Å²) in [4.78, 5) is 38.6. The van der Waals surface area contributed by atoms with Crippen LogP contribution in [0, 0.1) is 23.7 Å². The summed E-state index contributed by atoms with van der Waals surface area (Å²) >= 11 is 0. The molecule has 28 heavy (non-hydrogen) atoms. The van der Waals surface area contributed by atoms with Gasteiger partial charge in [0.25, 0.3) is 0 Å². The largest absolute Gasteiger partial charge is 0.369 e. The molecule has 0 unspecified atom stereocenters. The first-order valence-corrected chi connectivity index (χ1v) is 10.8. The highest BCUT2D eigenvalue weighted by atomic mass is 16.5. The van der Waals surface area contributed by atoms with E-state index in [0.29, 0.717) is 13.1 Å². The number of carbonyl (C=O) groups is 3. The predicted octanol–water partition coefficient (Wildman–Crippen LogP) is 1.32. The lowest BCUT2D eigenvalue weighted by Crippen LogP contribution is -2.44. The molecule has 0 aromatic carbocycles. The molecule has 1 spiro atoms. The molecule has 0 radical (unpaired) electrons. The van der Waals surface area contributed by atoms with E-state index >= 15 is 0 Å². The van der Waals surface area contributed by atoms with E-state index in [1.807, 2.05) is 4.90 Å². The maximum absolute atomic E-state index is 12.8. The van der Waals surface area contributed by atoms with Gasteiger partial charge >= 0.3 is 0 Å². The molecule has 4 atom stereocenters. The quantitative estimate of drug-likeness (QED) is 0.651. The van der Waals surface area contributed by atoms with Crippen molar-refractivity contribution in [2.45, 2.75) is 65.1 Å². The number of hydrogen-bond acceptors (Lipinski definition) is 4. The van der Waals surface area contributed by atoms with Crippen molar-refractivity contribution >= 4 is 17.7 Å². The van der Waals surface area contributed by atoms with Crippen LogP contribution in [0.4, 0.5) is 0 Å². The van der Waals surface area contributed by atoms with E-state index in [0.717, 1.165) is 32.2 Å². The monoisotopic (exact) mass is 393 g/mol. The Kier molecular flexibility index (Phi) is 6.32. The maximum Gasteiger partial charge on any atom is 0.239 e. The van der Waals surface area contributed by atoms with E-state index in [4.69, 9.17) is 4.74 Å². The van der Waals surface area contributed by atoms with Crippen molar-refractivity contribution in [3.8, 4) is 0 Å². The summed E-state index contributed by atoms with van der Waals surface area (Å²) in [5.74, 6) is 0.435. The second kappa shape index (κ2) is 8.39. The van der Waals surface area contributed by atoms with Crippen LogP contribution in [0.3, 0.4) is 0 Å². The van der Waals surface area contributed by atoms with Crippen molar-refractivity contribution in [1.82, 2.24) is 15.5 Å². The van der Waals surface area contributed by atoms with Crippen LogP contribution < -0.4 is 10.6 Å². The van der Waals surface area contributed by atoms with E-state index < -0.39 is 0 Å². The number of nitrogens with one attached hydrogen (secondary N) is 2. The lowest BCUT2D eigenvalue weighted by molar-refractivity contribution is -0.136. The van der Waals surface area contributed by atoms with Gasteiger partial charge in [-0.1, -0.05) is 27.7 Å². The molecule has 7 nitrogen and oxygen atoms in total. The molecule has 0 aromatic heterocycles. The zero-order chi connectivity index (χ0) is 20.5. The number of ether oxygens (including phenoxy) is 1. The van der Waals surface area contributed by atoms with Gasteiger partial charge in [0.05, 0.1) is 24.8 Å². The standard InChI is InChI=1S/C21H35N3O4/c1-5-14(6-2)20(27)24-11-16-15(17-7-8-21(16,12-24)28-17)9-22-18(25)10-23-19(26)13(3)4/h13-17H,5-12H2,1-4H3,(H,22,25)(H,23,26)/t15-,16+,17+,21+/m0/s1. The maximum atomic E-state index is 12.8. The number of carbonyl (C=O) groups excluding carboxylic acids is 3. The van der Waals surface area contributed by atoms with Gasteiger partial charge in [-0.2, -0.15) is 0 Å². The van der Waals surface area contributed by atoms with E-state index in [2.05, 4.69) is 24.5 Å². The smallest absolute Gasteiger partial charge is 0.239 e. The third kappa shape index (κ3) is 3.91. The van der Waals surface area contributed by atoms with Gasteiger partial charge in [0.1, 0.15) is 0 Å². The molecule has 0 saturated carbocycles. The molecule has 0 aliphatic carbocycles. The first-order valence-electron chi connectivity index (χ1n) is 10.8. The molecular weight excluding hydrogens is 358 g/mol. The Morgan fingerprint density at radius 3 is 2.54 bits per heavy atom. The van der Waals surface area contributed by atoms with Crippen molar-refractivity contribution < 1.29 is 19.1 Å². The SMILES string of the molecule is CCC(CC)C(=O)N1C[C@@H]2[C@H](CNC(=O)CNC(=O)C(C)C)[C@H]3CC[C@]2(C1)O3. The molecule has 3 amide bonds. The molecule has 3 heterocycles. The first-order chi connectivity index (χ1) is 13.3. The van der Waals surface area contributed by atoms with Gasteiger partial charge in [-0.25, -0.2) is 0 Å². The van der Waals surface area contributed by atoms with Crippen LogP contribution in [0.15, 0.2) is 0 Å². The Bertz CT molecular complexity index is 619. The molecule has 2 bridgehead atoms. The number of nitrogens with zero attached hydrogens (tertiary/aromatic N) is 1. The fourth-order valence-electron chi connectivity index (χ4n) is 5.19. The molecule has 158 valence electrons. The predicted molar refractivity (Wildman–Crippen MR) is 105 cm³/mol. The fourth-order valence-corrected chi connectivity index (χ4v) is 5.19. The molecule has 3 fully saturated rings. The molecule has 3 aliphatic rings. The number of likely N-dealkylation sites (tertiary alicyclic amines) is 1. The van der Waals surface area contributed by atoms with E-state index in [-0.39, 0.29) is 59.6 Å². The lowest BCUT2D eigenvalue weighted by atomic mass is 9.73. The Hall–Kier alpha value is -1.63. The summed E-state index contributed by atoms with van der Waals surface area (Å²) in [5, 5.41) is 5.61. The number of amides is 3. The van der Waals surface area contributed by atoms with Crippen LogP contribution in [-0.2, 0) is 19.1 Å². The Labute approximate surface area is 167 Å². The highest BCUT2D eigenvalue weighted by molar-refractivity contribution is 5.85. The highest BCUT2D eigenvalue weighted by Crippen LogP contribution is 2.54. The normalized spacial score (nSPS) is 30.8. The number of rotatable bonds is 8. The van der Waals surface area contributed by atoms with Gasteiger partial charge in [0.2, 0.25) is 17.7 Å². The summed E-state index contributed by atoms with van der Waals surface area (Å²) in [6.45, 7) is 9.71. The summed E-state index contributed by atoms with van der Waals surface area (Å²) in [6, 6.07) is 0. The summed E-state index contributed by atoms with van der Waals surface area (Å²) in [5.41, 5.74) is -0.215. The fraction of sp³-hybridized carbons (Fsp3) is 0.857. The average molecular weight is 394 g/mol. The van der Waals surface area contributed by atoms with Gasteiger partial charge in [0.15, 0.2) is 0 Å². The topological polar surface area (TPSA) is 87.7 Å². The Morgan fingerprint density at radius 2 is 1.89 bits per heavy atom. The van der Waals surface area contributed by atoms with Crippen molar-refractivity contribution in [1.29, 1.82) is 0 Å². The zero-order valence-electron chi connectivity index (χ0n) is 17.6. The zero-order valence-corrected chi connectivity index (χ0v) is 17.6. The van der Waals surface area contributed by atoms with Gasteiger partial charge in [0, 0.05) is 36.8 Å². The minimum atomic E-state index is -0.215. The highest BCUT2D eigenvalue weighted by Gasteiger charge is 2.63. The van der Waals surface area contributed by atoms with Crippen molar-refractivity contribution in [3.63, 3.8) is 0 Å². The van der Waals surface area contributed by atoms with Crippen LogP contribution in [0.1, 0.15) is 53.4 Å². The second-order valence-corrected chi connectivity index (χ2v) is 8.94. The molecule has 0 aromatic rings. The lowest BCUT2D eigenvalue weighted by Gasteiger charge is -2.29. The Morgan fingerprint density at radius 1 is 1.18 bits per heavy atom. The summed E-state index contributed by atoms with van der Waals surface area (Å²) < 4.78 is 6.37. The van der Waals surface area contributed by atoms with Gasteiger partial charge in [-0.05, 0) is 25.7 Å². The van der Waals surface area contributed by atoms with Crippen LogP contribution in [-0.4, -0.2) is 60.5 Å². The number of hydrogen-bond donors (Lipinski definition) is 2. The van der Waals surface area contributed by atoms with E-state index in [1.54, 1.807) is 13.8 Å². The van der Waals surface area contributed by atoms with Crippen LogP contribution in [0.5, 0.6) is 0 Å². The van der Waals surface area contributed by atoms with Gasteiger partial charge < -0.3 is 20.3 Å². The number of fused-ring (bicyclic) bond motifs is 1.